The maximum absolute atomic E-state index is 11.1. The van der Waals surface area contributed by atoms with Crippen LogP contribution in [0, 0.1) is 0 Å². The van der Waals surface area contributed by atoms with E-state index in [-0.39, 0.29) is 16.9 Å². The largest absolute Gasteiger partial charge is 0.475 e. The predicted molar refractivity (Wildman–Crippen MR) is 66.9 cm³/mol. The Labute approximate surface area is 98.2 Å². The highest BCUT2D eigenvalue weighted by Crippen LogP contribution is 2.14. The van der Waals surface area contributed by atoms with E-state index in [1.165, 1.54) is 0 Å². The molecule has 0 bridgehead atoms. The van der Waals surface area contributed by atoms with Crippen molar-refractivity contribution >= 4 is 11.8 Å². The Kier molecular flexibility index (Phi) is 4.97. The average molecular weight is 228 g/mol. The van der Waals surface area contributed by atoms with Gasteiger partial charge in [-0.3, -0.25) is 4.99 Å². The third-order valence-electron chi connectivity index (χ3n) is 2.82. The molecule has 2 N–H and O–H groups in total. The van der Waals surface area contributed by atoms with Crippen LogP contribution in [0.25, 0.3) is 0 Å². The molecule has 4 nitrogen and oxygen atoms in total. The summed E-state index contributed by atoms with van der Waals surface area (Å²) in [6.45, 7) is 11.8. The summed E-state index contributed by atoms with van der Waals surface area (Å²) in [5.41, 5.74) is -0.592. The lowest BCUT2D eigenvalue weighted by Crippen LogP contribution is -2.47. The molecule has 4 heteroatoms. The molecule has 0 aliphatic carbocycles. The van der Waals surface area contributed by atoms with Crippen LogP contribution in [0.15, 0.2) is 4.99 Å². The minimum atomic E-state index is -0.997. The maximum atomic E-state index is 11.1. The summed E-state index contributed by atoms with van der Waals surface area (Å²) >= 11 is 0. The SMILES string of the molecule is CCC(C)(C)N=C(NC(C)(C)CC)C(=O)O. The highest BCUT2D eigenvalue weighted by molar-refractivity contribution is 6.34. The molecular formula is C12H24N2O2. The summed E-state index contributed by atoms with van der Waals surface area (Å²) in [5, 5.41) is 12.1. The number of aliphatic imine (C=N–C) groups is 1. The Balaban J connectivity index is 4.97. The fraction of sp³-hybridized carbons (Fsp3) is 0.833. The van der Waals surface area contributed by atoms with Gasteiger partial charge in [-0.25, -0.2) is 4.79 Å². The van der Waals surface area contributed by atoms with E-state index in [0.717, 1.165) is 12.8 Å². The van der Waals surface area contributed by atoms with Crippen molar-refractivity contribution < 1.29 is 9.90 Å². The van der Waals surface area contributed by atoms with Gasteiger partial charge in [0.05, 0.1) is 5.54 Å². The molecule has 0 aliphatic rings. The summed E-state index contributed by atoms with van der Waals surface area (Å²) in [6.07, 6.45) is 1.64. The van der Waals surface area contributed by atoms with Gasteiger partial charge < -0.3 is 10.4 Å². The lowest BCUT2D eigenvalue weighted by atomic mass is 10.0. The van der Waals surface area contributed by atoms with E-state index >= 15 is 0 Å². The van der Waals surface area contributed by atoms with Gasteiger partial charge in [-0.1, -0.05) is 13.8 Å². The van der Waals surface area contributed by atoms with Gasteiger partial charge in [0.2, 0.25) is 5.84 Å². The molecule has 0 aliphatic heterocycles. The summed E-state index contributed by atoms with van der Waals surface area (Å²) in [6, 6.07) is 0. The minimum absolute atomic E-state index is 0.0544. The number of aliphatic carboxylic acids is 1. The molecule has 0 radical (unpaired) electrons. The molecule has 0 unspecified atom stereocenters. The molecule has 0 aromatic heterocycles. The number of rotatable bonds is 4. The Bertz CT molecular complexity index is 281. The lowest BCUT2D eigenvalue weighted by molar-refractivity contribution is -0.129. The molecular weight excluding hydrogens is 204 g/mol. The molecule has 16 heavy (non-hydrogen) atoms. The predicted octanol–water partition coefficient (Wildman–Crippen LogP) is 2.44. The van der Waals surface area contributed by atoms with E-state index in [2.05, 4.69) is 10.3 Å². The highest BCUT2D eigenvalue weighted by Gasteiger charge is 2.23. The van der Waals surface area contributed by atoms with Gasteiger partial charge in [0, 0.05) is 5.54 Å². The zero-order valence-corrected chi connectivity index (χ0v) is 11.2. The topological polar surface area (TPSA) is 61.7 Å². The van der Waals surface area contributed by atoms with Gasteiger partial charge in [0.25, 0.3) is 0 Å². The van der Waals surface area contributed by atoms with Gasteiger partial charge in [-0.05, 0) is 40.5 Å². The van der Waals surface area contributed by atoms with Gasteiger partial charge >= 0.3 is 5.97 Å². The van der Waals surface area contributed by atoms with E-state index in [1.54, 1.807) is 0 Å². The highest BCUT2D eigenvalue weighted by atomic mass is 16.4. The molecule has 0 saturated carbocycles. The number of nitrogens with zero attached hydrogens (tertiary/aromatic N) is 1. The van der Waals surface area contributed by atoms with Crippen LogP contribution in [0.2, 0.25) is 0 Å². The van der Waals surface area contributed by atoms with Crippen molar-refractivity contribution in [3.63, 3.8) is 0 Å². The monoisotopic (exact) mass is 228 g/mol. The van der Waals surface area contributed by atoms with Crippen LogP contribution in [0.5, 0.6) is 0 Å². The van der Waals surface area contributed by atoms with Crippen molar-refractivity contribution in [1.29, 1.82) is 0 Å². The second-order valence-corrected chi connectivity index (χ2v) is 5.29. The number of carbonyl (C=O) groups is 1. The summed E-state index contributed by atoms with van der Waals surface area (Å²) < 4.78 is 0. The van der Waals surface area contributed by atoms with E-state index in [4.69, 9.17) is 5.11 Å². The van der Waals surface area contributed by atoms with Crippen LogP contribution in [0.1, 0.15) is 54.4 Å². The van der Waals surface area contributed by atoms with E-state index in [9.17, 15) is 4.79 Å². The molecule has 0 amide bonds. The van der Waals surface area contributed by atoms with E-state index < -0.39 is 5.97 Å². The molecule has 0 atom stereocenters. The second-order valence-electron chi connectivity index (χ2n) is 5.29. The van der Waals surface area contributed by atoms with E-state index in [1.807, 2.05) is 41.5 Å². The van der Waals surface area contributed by atoms with Gasteiger partial charge in [0.1, 0.15) is 0 Å². The minimum Gasteiger partial charge on any atom is -0.475 e. The zero-order valence-electron chi connectivity index (χ0n) is 11.2. The first kappa shape index (κ1) is 14.9. The van der Waals surface area contributed by atoms with Crippen LogP contribution >= 0.6 is 0 Å². The third kappa shape index (κ3) is 5.14. The van der Waals surface area contributed by atoms with Crippen LogP contribution in [-0.2, 0) is 4.79 Å². The zero-order chi connectivity index (χ0) is 13.0. The van der Waals surface area contributed by atoms with Crippen LogP contribution < -0.4 is 5.32 Å². The van der Waals surface area contributed by atoms with Crippen molar-refractivity contribution in [3.8, 4) is 0 Å². The third-order valence-corrected chi connectivity index (χ3v) is 2.82. The Hall–Kier alpha value is -1.06. The molecule has 0 aromatic carbocycles. The molecule has 0 aromatic rings. The van der Waals surface area contributed by atoms with Crippen LogP contribution in [0.3, 0.4) is 0 Å². The fourth-order valence-corrected chi connectivity index (χ4v) is 0.920. The summed E-state index contributed by atoms with van der Waals surface area (Å²) in [7, 11) is 0. The number of amidine groups is 1. The van der Waals surface area contributed by atoms with Gasteiger partial charge in [-0.2, -0.15) is 0 Å². The molecule has 0 saturated heterocycles. The van der Waals surface area contributed by atoms with Crippen LogP contribution in [0.4, 0.5) is 0 Å². The Morgan fingerprint density at radius 1 is 1.19 bits per heavy atom. The van der Waals surface area contributed by atoms with Crippen molar-refractivity contribution in [2.45, 2.75) is 65.5 Å². The quantitative estimate of drug-likeness (QED) is 0.574. The Morgan fingerprint density at radius 3 is 2.00 bits per heavy atom. The number of carboxylic acids is 1. The summed E-state index contributed by atoms with van der Waals surface area (Å²) in [4.78, 5) is 15.4. The van der Waals surface area contributed by atoms with Crippen molar-refractivity contribution in [1.82, 2.24) is 5.32 Å². The van der Waals surface area contributed by atoms with Gasteiger partial charge in [0.15, 0.2) is 0 Å². The number of hydrogen-bond donors (Lipinski definition) is 2. The van der Waals surface area contributed by atoms with Crippen molar-refractivity contribution in [3.05, 3.63) is 0 Å². The smallest absolute Gasteiger partial charge is 0.371 e. The number of carboxylic acid groups (broad SMARTS) is 1. The fourth-order valence-electron chi connectivity index (χ4n) is 0.920. The van der Waals surface area contributed by atoms with Crippen molar-refractivity contribution in [2.24, 2.45) is 4.99 Å². The lowest BCUT2D eigenvalue weighted by Gasteiger charge is -2.27. The Morgan fingerprint density at radius 2 is 1.69 bits per heavy atom. The standard InChI is InChI=1S/C12H24N2O2/c1-7-11(3,4)13-9(10(15)16)14-12(5,6)8-2/h7-8H2,1-6H3,(H,13,14)(H,15,16). The molecule has 0 heterocycles. The second kappa shape index (κ2) is 5.32. The van der Waals surface area contributed by atoms with Gasteiger partial charge in [-0.15, -0.1) is 0 Å². The maximum Gasteiger partial charge on any atom is 0.371 e. The van der Waals surface area contributed by atoms with Crippen molar-refractivity contribution in [2.75, 3.05) is 0 Å². The molecule has 0 rings (SSSR count). The molecule has 0 fully saturated rings. The summed E-state index contributed by atoms with van der Waals surface area (Å²) in [5.74, 6) is -0.943. The van der Waals surface area contributed by atoms with E-state index in [0.29, 0.717) is 0 Å². The normalized spacial score (nSPS) is 13.8. The average Bonchev–Trinajstić information content (AvgIpc) is 2.16. The first-order chi connectivity index (χ1) is 7.13. The number of hydrogen-bond acceptors (Lipinski definition) is 2. The van der Waals surface area contributed by atoms with Crippen LogP contribution in [-0.4, -0.2) is 28.0 Å². The molecule has 0 spiro atoms. The first-order valence-electron chi connectivity index (χ1n) is 5.75. The number of nitrogens with one attached hydrogen (secondary N) is 1. The molecule has 94 valence electrons. The first-order valence-corrected chi connectivity index (χ1v) is 5.75.